The molecule has 3 N–H and O–H groups in total. The number of morpholine rings is 1. The second-order valence-corrected chi connectivity index (χ2v) is 5.21. The minimum atomic E-state index is -0.293. The van der Waals surface area contributed by atoms with Crippen LogP contribution in [-0.4, -0.2) is 49.6 Å². The van der Waals surface area contributed by atoms with Crippen molar-refractivity contribution in [1.29, 1.82) is 0 Å². The van der Waals surface area contributed by atoms with Crippen LogP contribution in [0.1, 0.15) is 16.8 Å². The molecule has 0 atom stereocenters. The highest BCUT2D eigenvalue weighted by Gasteiger charge is 2.16. The number of nitrogen functional groups attached to an aromatic ring is 1. The van der Waals surface area contributed by atoms with E-state index in [1.165, 1.54) is 6.07 Å². The van der Waals surface area contributed by atoms with Gasteiger partial charge in [0.15, 0.2) is 0 Å². The van der Waals surface area contributed by atoms with Gasteiger partial charge >= 0.3 is 0 Å². The molecule has 1 aromatic carbocycles. The van der Waals surface area contributed by atoms with Gasteiger partial charge in [-0.15, -0.1) is 0 Å². The van der Waals surface area contributed by atoms with Crippen molar-refractivity contribution in [1.82, 2.24) is 10.2 Å². The van der Waals surface area contributed by atoms with E-state index in [1.54, 1.807) is 17.0 Å². The van der Waals surface area contributed by atoms with Gasteiger partial charge in [0.1, 0.15) is 0 Å². The minimum Gasteiger partial charge on any atom is -0.399 e. The molecule has 0 aromatic heterocycles. The number of amides is 2. The number of benzene rings is 1. The molecule has 114 valence electrons. The second-order valence-electron chi connectivity index (χ2n) is 4.77. The summed E-state index contributed by atoms with van der Waals surface area (Å²) >= 11 is 5.85. The summed E-state index contributed by atoms with van der Waals surface area (Å²) in [6.45, 7) is 2.64. The molecule has 21 heavy (non-hydrogen) atoms. The smallest absolute Gasteiger partial charge is 0.251 e. The van der Waals surface area contributed by atoms with E-state index < -0.39 is 0 Å². The number of carbonyl (C=O) groups is 2. The van der Waals surface area contributed by atoms with E-state index in [9.17, 15) is 9.59 Å². The van der Waals surface area contributed by atoms with E-state index in [4.69, 9.17) is 22.1 Å². The van der Waals surface area contributed by atoms with Crippen molar-refractivity contribution in [3.05, 3.63) is 28.8 Å². The van der Waals surface area contributed by atoms with E-state index >= 15 is 0 Å². The molecule has 0 unspecified atom stereocenters. The number of nitrogens with zero attached hydrogens (tertiary/aromatic N) is 1. The Morgan fingerprint density at radius 3 is 2.67 bits per heavy atom. The van der Waals surface area contributed by atoms with Crippen LogP contribution in [0, 0.1) is 0 Å². The van der Waals surface area contributed by atoms with Crippen molar-refractivity contribution in [3.8, 4) is 0 Å². The first kappa shape index (κ1) is 15.6. The number of halogens is 1. The lowest BCUT2D eigenvalue weighted by Gasteiger charge is -2.26. The van der Waals surface area contributed by atoms with Gasteiger partial charge in [0.2, 0.25) is 5.91 Å². The maximum Gasteiger partial charge on any atom is 0.251 e. The normalized spacial score (nSPS) is 14.8. The predicted molar refractivity (Wildman–Crippen MR) is 80.2 cm³/mol. The van der Waals surface area contributed by atoms with Crippen LogP contribution in [0.2, 0.25) is 5.02 Å². The van der Waals surface area contributed by atoms with Gasteiger partial charge in [-0.25, -0.2) is 0 Å². The van der Waals surface area contributed by atoms with E-state index in [-0.39, 0.29) is 24.8 Å². The first-order chi connectivity index (χ1) is 10.1. The SMILES string of the molecule is Nc1cc(Cl)cc(C(=O)NCCC(=O)N2CCOCC2)c1. The molecule has 0 radical (unpaired) electrons. The molecule has 1 aliphatic heterocycles. The fourth-order valence-electron chi connectivity index (χ4n) is 2.10. The van der Waals surface area contributed by atoms with Crippen LogP contribution >= 0.6 is 11.6 Å². The largest absolute Gasteiger partial charge is 0.399 e. The highest BCUT2D eigenvalue weighted by molar-refractivity contribution is 6.31. The van der Waals surface area contributed by atoms with Crippen LogP contribution in [0.3, 0.4) is 0 Å². The van der Waals surface area contributed by atoms with Gasteiger partial charge in [-0.3, -0.25) is 9.59 Å². The van der Waals surface area contributed by atoms with Crippen molar-refractivity contribution in [3.63, 3.8) is 0 Å². The van der Waals surface area contributed by atoms with Gasteiger partial charge in [-0.05, 0) is 18.2 Å². The number of ether oxygens (including phenoxy) is 1. The molecule has 0 aliphatic carbocycles. The van der Waals surface area contributed by atoms with E-state index in [0.29, 0.717) is 42.6 Å². The molecule has 0 bridgehead atoms. The molecule has 0 saturated carbocycles. The van der Waals surface area contributed by atoms with E-state index in [0.717, 1.165) is 0 Å². The van der Waals surface area contributed by atoms with Crippen molar-refractivity contribution < 1.29 is 14.3 Å². The van der Waals surface area contributed by atoms with Crippen LogP contribution < -0.4 is 11.1 Å². The van der Waals surface area contributed by atoms with Crippen molar-refractivity contribution in [2.75, 3.05) is 38.6 Å². The molecule has 6 nitrogen and oxygen atoms in total. The summed E-state index contributed by atoms with van der Waals surface area (Å²) in [5, 5.41) is 3.10. The Labute approximate surface area is 128 Å². The van der Waals surface area contributed by atoms with Crippen molar-refractivity contribution in [2.24, 2.45) is 0 Å². The molecule has 1 aromatic rings. The molecule has 0 spiro atoms. The number of carbonyl (C=O) groups excluding carboxylic acids is 2. The fraction of sp³-hybridized carbons (Fsp3) is 0.429. The summed E-state index contributed by atoms with van der Waals surface area (Å²) in [7, 11) is 0. The van der Waals surface area contributed by atoms with Crippen molar-refractivity contribution >= 4 is 29.1 Å². The quantitative estimate of drug-likeness (QED) is 0.809. The monoisotopic (exact) mass is 311 g/mol. The standard InChI is InChI=1S/C14H18ClN3O3/c15-11-7-10(8-12(16)9-11)14(20)17-2-1-13(19)18-3-5-21-6-4-18/h7-9H,1-6,16H2,(H,17,20). The molecule has 1 saturated heterocycles. The number of rotatable bonds is 4. The number of anilines is 1. The Balaban J connectivity index is 1.79. The molecule has 1 heterocycles. The van der Waals surface area contributed by atoms with Gasteiger partial charge in [0, 0.05) is 42.3 Å². The second kappa shape index (κ2) is 7.28. The third-order valence-electron chi connectivity index (χ3n) is 3.17. The van der Waals surface area contributed by atoms with Crippen LogP contribution in [0.25, 0.3) is 0 Å². The third-order valence-corrected chi connectivity index (χ3v) is 3.39. The van der Waals surface area contributed by atoms with E-state index in [2.05, 4.69) is 5.32 Å². The lowest BCUT2D eigenvalue weighted by molar-refractivity contribution is -0.135. The first-order valence-corrected chi connectivity index (χ1v) is 7.14. The third kappa shape index (κ3) is 4.61. The number of nitrogens with one attached hydrogen (secondary N) is 1. The molecule has 2 rings (SSSR count). The number of hydrogen-bond donors (Lipinski definition) is 2. The molecular weight excluding hydrogens is 294 g/mol. The van der Waals surface area contributed by atoms with Crippen molar-refractivity contribution in [2.45, 2.75) is 6.42 Å². The zero-order valence-corrected chi connectivity index (χ0v) is 12.4. The maximum atomic E-state index is 11.9. The Kier molecular flexibility index (Phi) is 5.41. The fourth-order valence-corrected chi connectivity index (χ4v) is 2.34. The Morgan fingerprint density at radius 1 is 1.29 bits per heavy atom. The summed E-state index contributed by atoms with van der Waals surface area (Å²) in [5.74, 6) is -0.275. The highest BCUT2D eigenvalue weighted by Crippen LogP contribution is 2.16. The topological polar surface area (TPSA) is 84.7 Å². The van der Waals surface area contributed by atoms with Crippen LogP contribution in [0.5, 0.6) is 0 Å². The minimum absolute atomic E-state index is 0.0178. The molecule has 7 heteroatoms. The van der Waals surface area contributed by atoms with Gasteiger partial charge in [0.05, 0.1) is 13.2 Å². The zero-order chi connectivity index (χ0) is 15.2. The zero-order valence-electron chi connectivity index (χ0n) is 11.6. The van der Waals surface area contributed by atoms with Crippen LogP contribution in [0.15, 0.2) is 18.2 Å². The molecule has 1 aliphatic rings. The summed E-state index contributed by atoms with van der Waals surface area (Å²) in [6.07, 6.45) is 0.266. The molecule has 2 amide bonds. The summed E-state index contributed by atoms with van der Waals surface area (Å²) < 4.78 is 5.18. The van der Waals surface area contributed by atoms with E-state index in [1.807, 2.05) is 0 Å². The maximum absolute atomic E-state index is 11.9. The summed E-state index contributed by atoms with van der Waals surface area (Å²) in [5.41, 5.74) is 6.45. The lowest BCUT2D eigenvalue weighted by Crippen LogP contribution is -2.42. The Morgan fingerprint density at radius 2 is 2.00 bits per heavy atom. The Hall–Kier alpha value is -1.79. The van der Waals surface area contributed by atoms with Crippen LogP contribution in [0.4, 0.5) is 5.69 Å². The average molecular weight is 312 g/mol. The number of hydrogen-bond acceptors (Lipinski definition) is 4. The highest BCUT2D eigenvalue weighted by atomic mass is 35.5. The molecular formula is C14H18ClN3O3. The predicted octanol–water partition coefficient (Wildman–Crippen LogP) is 0.901. The van der Waals surface area contributed by atoms with Gasteiger partial charge < -0.3 is 20.7 Å². The average Bonchev–Trinajstić information content (AvgIpc) is 2.47. The van der Waals surface area contributed by atoms with Gasteiger partial charge in [-0.1, -0.05) is 11.6 Å². The number of nitrogens with two attached hydrogens (primary N) is 1. The lowest BCUT2D eigenvalue weighted by atomic mass is 10.2. The molecule has 1 fully saturated rings. The summed E-state index contributed by atoms with van der Waals surface area (Å²) in [6, 6.07) is 4.66. The first-order valence-electron chi connectivity index (χ1n) is 6.76. The Bertz CT molecular complexity index is 510. The van der Waals surface area contributed by atoms with Gasteiger partial charge in [0.25, 0.3) is 5.91 Å². The van der Waals surface area contributed by atoms with Crippen LogP contribution in [-0.2, 0) is 9.53 Å². The summed E-state index contributed by atoms with van der Waals surface area (Å²) in [4.78, 5) is 25.6. The van der Waals surface area contributed by atoms with Gasteiger partial charge in [-0.2, -0.15) is 0 Å².